The third kappa shape index (κ3) is 4.67. The summed E-state index contributed by atoms with van der Waals surface area (Å²) in [6.07, 6.45) is 1.54. The van der Waals surface area contributed by atoms with Crippen molar-refractivity contribution >= 4 is 15.9 Å². The number of hydrogen-bond donors (Lipinski definition) is 2. The highest BCUT2D eigenvalue weighted by Crippen LogP contribution is 2.15. The van der Waals surface area contributed by atoms with Crippen molar-refractivity contribution in [2.45, 2.75) is 17.9 Å². The number of methoxy groups -OCH3 is 1. The van der Waals surface area contributed by atoms with E-state index in [-0.39, 0.29) is 30.0 Å². The zero-order valence-corrected chi connectivity index (χ0v) is 14.3. The lowest BCUT2D eigenvalue weighted by Gasteiger charge is -2.12. The van der Waals surface area contributed by atoms with Gasteiger partial charge in [0.2, 0.25) is 10.0 Å². The molecule has 24 heavy (non-hydrogen) atoms. The fraction of sp³-hybridized carbons (Fsp3) is 0.312. The zero-order chi connectivity index (χ0) is 17.6. The second kappa shape index (κ2) is 8.09. The molecule has 2 N–H and O–H groups in total. The van der Waals surface area contributed by atoms with Gasteiger partial charge in [-0.2, -0.15) is 0 Å². The van der Waals surface area contributed by atoms with Crippen molar-refractivity contribution < 1.29 is 22.4 Å². The summed E-state index contributed by atoms with van der Waals surface area (Å²) in [6, 6.07) is 8.94. The maximum absolute atomic E-state index is 12.2. The number of hydrogen-bond acceptors (Lipinski definition) is 5. The van der Waals surface area contributed by atoms with Crippen molar-refractivity contribution in [3.63, 3.8) is 0 Å². The van der Waals surface area contributed by atoms with Gasteiger partial charge in [-0.05, 0) is 43.3 Å². The Hall–Kier alpha value is -2.16. The Balaban J connectivity index is 2.02. The van der Waals surface area contributed by atoms with Crippen molar-refractivity contribution in [2.24, 2.45) is 0 Å². The van der Waals surface area contributed by atoms with E-state index in [4.69, 9.17) is 9.15 Å². The molecule has 130 valence electrons. The molecule has 0 aliphatic carbocycles. The molecule has 8 heteroatoms. The molecule has 1 amide bonds. The van der Waals surface area contributed by atoms with Crippen LogP contribution < -0.4 is 10.0 Å². The molecule has 0 bridgehead atoms. The first-order valence-corrected chi connectivity index (χ1v) is 8.85. The smallest absolute Gasteiger partial charge is 0.251 e. The Labute approximate surface area is 141 Å². The number of nitrogens with one attached hydrogen (secondary N) is 2. The Morgan fingerprint density at radius 3 is 2.54 bits per heavy atom. The third-order valence-electron chi connectivity index (χ3n) is 3.34. The van der Waals surface area contributed by atoms with Crippen LogP contribution in [0.2, 0.25) is 0 Å². The monoisotopic (exact) mass is 352 g/mol. The zero-order valence-electron chi connectivity index (χ0n) is 13.5. The molecular formula is C16H20N2O5S. The van der Waals surface area contributed by atoms with Gasteiger partial charge in [-0.1, -0.05) is 0 Å². The molecule has 0 fully saturated rings. The van der Waals surface area contributed by atoms with E-state index in [1.807, 2.05) is 0 Å². The van der Waals surface area contributed by atoms with Crippen molar-refractivity contribution in [2.75, 3.05) is 20.3 Å². The van der Waals surface area contributed by atoms with Gasteiger partial charge in [0.25, 0.3) is 5.91 Å². The highest BCUT2D eigenvalue weighted by atomic mass is 32.2. The van der Waals surface area contributed by atoms with Crippen LogP contribution in [-0.4, -0.2) is 34.6 Å². The predicted octanol–water partition coefficient (Wildman–Crippen LogP) is 1.70. The highest BCUT2D eigenvalue weighted by molar-refractivity contribution is 7.89. The molecule has 1 unspecified atom stereocenters. The molecule has 0 aliphatic heterocycles. The van der Waals surface area contributed by atoms with Crippen LogP contribution in [0.4, 0.5) is 0 Å². The first kappa shape index (κ1) is 18.2. The van der Waals surface area contributed by atoms with Crippen LogP contribution in [0.25, 0.3) is 0 Å². The summed E-state index contributed by atoms with van der Waals surface area (Å²) in [7, 11) is -2.12. The van der Waals surface area contributed by atoms with E-state index < -0.39 is 10.0 Å². The van der Waals surface area contributed by atoms with E-state index in [2.05, 4.69) is 10.0 Å². The number of amides is 1. The number of sulfonamides is 1. The molecule has 1 aromatic heterocycles. The van der Waals surface area contributed by atoms with Crippen LogP contribution in [0.1, 0.15) is 29.1 Å². The van der Waals surface area contributed by atoms with Gasteiger partial charge in [-0.25, -0.2) is 13.1 Å². The standard InChI is InChI=1S/C16H20N2O5S/c1-12(15-4-3-10-23-15)18-16(19)13-5-7-14(8-6-13)24(20,21)17-9-11-22-2/h3-8,10,12,17H,9,11H2,1-2H3,(H,18,19). The Morgan fingerprint density at radius 2 is 1.96 bits per heavy atom. The van der Waals surface area contributed by atoms with Crippen LogP contribution in [0.15, 0.2) is 52.0 Å². The number of ether oxygens (including phenoxy) is 1. The molecule has 0 saturated carbocycles. The van der Waals surface area contributed by atoms with Gasteiger partial charge in [0, 0.05) is 19.2 Å². The first-order chi connectivity index (χ1) is 11.4. The van der Waals surface area contributed by atoms with Crippen LogP contribution in [0.5, 0.6) is 0 Å². The average Bonchev–Trinajstić information content (AvgIpc) is 3.09. The predicted molar refractivity (Wildman–Crippen MR) is 88.1 cm³/mol. The molecule has 1 atom stereocenters. The number of carbonyl (C=O) groups excluding carboxylic acids is 1. The largest absolute Gasteiger partial charge is 0.467 e. The second-order valence-corrected chi connectivity index (χ2v) is 6.89. The maximum Gasteiger partial charge on any atom is 0.251 e. The van der Waals surface area contributed by atoms with Gasteiger partial charge < -0.3 is 14.5 Å². The van der Waals surface area contributed by atoms with E-state index in [1.165, 1.54) is 37.6 Å². The van der Waals surface area contributed by atoms with Gasteiger partial charge >= 0.3 is 0 Å². The first-order valence-electron chi connectivity index (χ1n) is 7.37. The average molecular weight is 352 g/mol. The van der Waals surface area contributed by atoms with Crippen LogP contribution in [0.3, 0.4) is 0 Å². The Kier molecular flexibility index (Phi) is 6.13. The Morgan fingerprint density at radius 1 is 1.25 bits per heavy atom. The topological polar surface area (TPSA) is 97.6 Å². The SMILES string of the molecule is COCCNS(=O)(=O)c1ccc(C(=O)NC(C)c2ccco2)cc1. The molecule has 0 saturated heterocycles. The van der Waals surface area contributed by atoms with Gasteiger partial charge in [-0.3, -0.25) is 4.79 Å². The fourth-order valence-electron chi connectivity index (χ4n) is 2.04. The van der Waals surface area contributed by atoms with Crippen molar-refractivity contribution in [3.05, 3.63) is 54.0 Å². The quantitative estimate of drug-likeness (QED) is 0.705. The number of furan rings is 1. The lowest BCUT2D eigenvalue weighted by atomic mass is 10.2. The van der Waals surface area contributed by atoms with Gasteiger partial charge in [0.1, 0.15) is 5.76 Å². The molecule has 2 rings (SSSR count). The van der Waals surface area contributed by atoms with E-state index >= 15 is 0 Å². The lowest BCUT2D eigenvalue weighted by molar-refractivity contribution is 0.0935. The molecule has 0 spiro atoms. The fourth-order valence-corrected chi connectivity index (χ4v) is 3.05. The van der Waals surface area contributed by atoms with E-state index in [0.29, 0.717) is 11.3 Å². The molecule has 2 aromatic rings. The maximum atomic E-state index is 12.2. The van der Waals surface area contributed by atoms with Crippen LogP contribution in [-0.2, 0) is 14.8 Å². The number of benzene rings is 1. The molecule has 7 nitrogen and oxygen atoms in total. The number of rotatable bonds is 8. The second-order valence-electron chi connectivity index (χ2n) is 5.13. The van der Waals surface area contributed by atoms with Gasteiger partial charge in [-0.15, -0.1) is 0 Å². The summed E-state index contributed by atoms with van der Waals surface area (Å²) in [6.45, 7) is 2.27. The summed E-state index contributed by atoms with van der Waals surface area (Å²) in [5.41, 5.74) is 0.365. The van der Waals surface area contributed by atoms with Crippen molar-refractivity contribution in [3.8, 4) is 0 Å². The summed E-state index contributed by atoms with van der Waals surface area (Å²) in [4.78, 5) is 12.3. The van der Waals surface area contributed by atoms with Crippen LogP contribution in [0, 0.1) is 0 Å². The summed E-state index contributed by atoms with van der Waals surface area (Å²) in [5.74, 6) is 0.333. The number of carbonyl (C=O) groups is 1. The minimum Gasteiger partial charge on any atom is -0.467 e. The molecular weight excluding hydrogens is 332 g/mol. The van der Waals surface area contributed by atoms with E-state index in [1.54, 1.807) is 19.1 Å². The minimum atomic E-state index is -3.61. The van der Waals surface area contributed by atoms with Gasteiger partial charge in [0.15, 0.2) is 0 Å². The highest BCUT2D eigenvalue weighted by Gasteiger charge is 2.16. The summed E-state index contributed by atoms with van der Waals surface area (Å²) >= 11 is 0. The van der Waals surface area contributed by atoms with Crippen molar-refractivity contribution in [1.82, 2.24) is 10.0 Å². The van der Waals surface area contributed by atoms with Crippen LogP contribution >= 0.6 is 0 Å². The minimum absolute atomic E-state index is 0.0919. The van der Waals surface area contributed by atoms with Gasteiger partial charge in [0.05, 0.1) is 23.8 Å². The lowest BCUT2D eigenvalue weighted by Crippen LogP contribution is -2.28. The molecule has 0 radical (unpaired) electrons. The summed E-state index contributed by atoms with van der Waals surface area (Å²) < 4.78 is 36.5. The van der Waals surface area contributed by atoms with E-state index in [9.17, 15) is 13.2 Å². The molecule has 1 aromatic carbocycles. The van der Waals surface area contributed by atoms with E-state index in [0.717, 1.165) is 0 Å². The normalized spacial score (nSPS) is 12.8. The molecule has 0 aliphatic rings. The Bertz CT molecular complexity index is 754. The van der Waals surface area contributed by atoms with Crippen molar-refractivity contribution in [1.29, 1.82) is 0 Å². The third-order valence-corrected chi connectivity index (χ3v) is 4.82. The molecule has 1 heterocycles. The summed E-state index contributed by atoms with van der Waals surface area (Å²) in [5, 5.41) is 2.78.